The summed E-state index contributed by atoms with van der Waals surface area (Å²) in [5.41, 5.74) is 0.925. The Balaban J connectivity index is 1.45. The van der Waals surface area contributed by atoms with Gasteiger partial charge in [-0.2, -0.15) is 5.10 Å². The summed E-state index contributed by atoms with van der Waals surface area (Å²) in [6.07, 6.45) is 8.68. The van der Waals surface area contributed by atoms with Gasteiger partial charge < -0.3 is 5.32 Å². The van der Waals surface area contributed by atoms with Crippen molar-refractivity contribution in [1.29, 1.82) is 0 Å². The Kier molecular flexibility index (Phi) is 3.59. The fourth-order valence-electron chi connectivity index (χ4n) is 5.22. The molecule has 1 heterocycles. The van der Waals surface area contributed by atoms with Crippen molar-refractivity contribution in [2.45, 2.75) is 58.0 Å². The fourth-order valence-corrected chi connectivity index (χ4v) is 5.51. The Labute approximate surface area is 140 Å². The number of carbonyl (C=O) groups is 1. The summed E-state index contributed by atoms with van der Waals surface area (Å²) in [7, 11) is 0. The molecule has 4 bridgehead atoms. The summed E-state index contributed by atoms with van der Waals surface area (Å²) in [4.78, 5) is 12.7. The number of rotatable bonds is 3. The highest BCUT2D eigenvalue weighted by atomic mass is 79.9. The van der Waals surface area contributed by atoms with Crippen LogP contribution < -0.4 is 5.32 Å². The molecule has 4 saturated carbocycles. The van der Waals surface area contributed by atoms with Gasteiger partial charge >= 0.3 is 0 Å². The summed E-state index contributed by atoms with van der Waals surface area (Å²) in [6, 6.07) is 0.157. The van der Waals surface area contributed by atoms with Crippen LogP contribution in [0.25, 0.3) is 0 Å². The predicted molar refractivity (Wildman–Crippen MR) is 88.4 cm³/mol. The van der Waals surface area contributed by atoms with Crippen LogP contribution in [0, 0.1) is 30.6 Å². The highest BCUT2D eigenvalue weighted by Gasteiger charge is 2.48. The quantitative estimate of drug-likeness (QED) is 0.891. The Morgan fingerprint density at radius 1 is 1.27 bits per heavy atom. The molecule has 5 rings (SSSR count). The van der Waals surface area contributed by atoms with Crippen LogP contribution in [0.3, 0.4) is 0 Å². The maximum atomic E-state index is 12.7. The van der Waals surface area contributed by atoms with Gasteiger partial charge in [0.15, 0.2) is 0 Å². The van der Waals surface area contributed by atoms with E-state index in [0.717, 1.165) is 33.8 Å². The third kappa shape index (κ3) is 2.41. The van der Waals surface area contributed by atoms with E-state index < -0.39 is 0 Å². The summed E-state index contributed by atoms with van der Waals surface area (Å²) < 4.78 is 2.73. The predicted octanol–water partition coefficient (Wildman–Crippen LogP) is 3.46. The minimum absolute atomic E-state index is 0.118. The second-order valence-corrected chi connectivity index (χ2v) is 8.54. The van der Waals surface area contributed by atoms with Crippen LogP contribution in [0.5, 0.6) is 0 Å². The molecule has 0 saturated heterocycles. The lowest BCUT2D eigenvalue weighted by Crippen LogP contribution is -2.56. The molecule has 0 radical (unpaired) electrons. The monoisotopic (exact) mass is 365 g/mol. The van der Waals surface area contributed by atoms with E-state index in [4.69, 9.17) is 0 Å². The molecular formula is C17H24BrN3O. The molecule has 4 aliphatic rings. The largest absolute Gasteiger partial charge is 0.351 e. The van der Waals surface area contributed by atoms with E-state index in [1.54, 1.807) is 4.68 Å². The van der Waals surface area contributed by atoms with Crippen LogP contribution in [-0.2, 0) is 4.79 Å². The summed E-state index contributed by atoms with van der Waals surface area (Å²) >= 11 is 3.47. The van der Waals surface area contributed by atoms with Crippen molar-refractivity contribution in [1.82, 2.24) is 15.1 Å². The van der Waals surface area contributed by atoms with E-state index in [9.17, 15) is 4.79 Å². The van der Waals surface area contributed by atoms with Gasteiger partial charge in [-0.3, -0.25) is 9.48 Å². The molecule has 4 nitrogen and oxygen atoms in total. The highest BCUT2D eigenvalue weighted by Crippen LogP contribution is 2.53. The standard InChI is InChI=1S/C17H24BrN3O/c1-9-15(18)8-21(20-9)10(2)17(22)19-16-13-4-11-3-12(6-13)7-14(16)5-11/h8,10-14,16H,3-7H2,1-2H3,(H,19,22)/t10-,11?,12?,13?,14?,16?/m1/s1. The molecule has 0 aliphatic heterocycles. The fraction of sp³-hybridized carbons (Fsp3) is 0.765. The Hall–Kier alpha value is -0.840. The molecule has 1 aromatic heterocycles. The van der Waals surface area contributed by atoms with E-state index in [0.29, 0.717) is 6.04 Å². The molecule has 0 unspecified atom stereocenters. The third-order valence-corrected chi connectivity index (χ3v) is 6.95. The lowest BCUT2D eigenvalue weighted by Gasteiger charge is -2.54. The van der Waals surface area contributed by atoms with Crippen molar-refractivity contribution >= 4 is 21.8 Å². The summed E-state index contributed by atoms with van der Waals surface area (Å²) in [5, 5.41) is 7.80. The zero-order chi connectivity index (χ0) is 15.4. The first kappa shape index (κ1) is 14.7. The molecular weight excluding hydrogens is 342 g/mol. The minimum Gasteiger partial charge on any atom is -0.351 e. The van der Waals surface area contributed by atoms with Gasteiger partial charge in [-0.15, -0.1) is 0 Å². The van der Waals surface area contributed by atoms with Crippen molar-refractivity contribution in [3.63, 3.8) is 0 Å². The van der Waals surface area contributed by atoms with Gasteiger partial charge in [-0.05, 0) is 85.6 Å². The molecule has 5 heteroatoms. The second kappa shape index (κ2) is 5.36. The normalized spacial score (nSPS) is 37.3. The Morgan fingerprint density at radius 2 is 1.86 bits per heavy atom. The maximum absolute atomic E-state index is 12.7. The first-order chi connectivity index (χ1) is 10.5. The molecule has 4 aliphatic carbocycles. The van der Waals surface area contributed by atoms with Gasteiger partial charge in [-0.1, -0.05) is 0 Å². The van der Waals surface area contributed by atoms with Gasteiger partial charge in [-0.25, -0.2) is 0 Å². The smallest absolute Gasteiger partial charge is 0.244 e. The van der Waals surface area contributed by atoms with Crippen LogP contribution in [-0.4, -0.2) is 21.7 Å². The molecule has 4 fully saturated rings. The Bertz CT molecular complexity index is 549. The number of aromatic nitrogens is 2. The van der Waals surface area contributed by atoms with Crippen LogP contribution in [0.4, 0.5) is 0 Å². The first-order valence-electron chi connectivity index (χ1n) is 8.53. The van der Waals surface area contributed by atoms with E-state index in [1.165, 1.54) is 32.1 Å². The van der Waals surface area contributed by atoms with Crippen molar-refractivity contribution < 1.29 is 4.79 Å². The van der Waals surface area contributed by atoms with Crippen molar-refractivity contribution in [2.24, 2.45) is 23.7 Å². The number of hydrogen-bond donors (Lipinski definition) is 1. The number of carbonyl (C=O) groups excluding carboxylic acids is 1. The zero-order valence-corrected chi connectivity index (χ0v) is 14.8. The number of halogens is 1. The van der Waals surface area contributed by atoms with Crippen LogP contribution in [0.15, 0.2) is 10.7 Å². The number of nitrogens with zero attached hydrogens (tertiary/aromatic N) is 2. The summed E-state index contributed by atoms with van der Waals surface area (Å²) in [5.74, 6) is 3.44. The minimum atomic E-state index is -0.248. The van der Waals surface area contributed by atoms with Gasteiger partial charge in [0.1, 0.15) is 6.04 Å². The molecule has 120 valence electrons. The average molecular weight is 366 g/mol. The molecule has 0 aromatic carbocycles. The number of hydrogen-bond acceptors (Lipinski definition) is 2. The number of amides is 1. The average Bonchev–Trinajstić information content (AvgIpc) is 2.80. The first-order valence-corrected chi connectivity index (χ1v) is 9.32. The van der Waals surface area contributed by atoms with Gasteiger partial charge in [0.05, 0.1) is 10.2 Å². The van der Waals surface area contributed by atoms with Crippen LogP contribution in [0.1, 0.15) is 50.8 Å². The molecule has 1 N–H and O–H groups in total. The van der Waals surface area contributed by atoms with Crippen molar-refractivity contribution in [3.05, 3.63) is 16.4 Å². The highest BCUT2D eigenvalue weighted by molar-refractivity contribution is 9.10. The van der Waals surface area contributed by atoms with E-state index >= 15 is 0 Å². The van der Waals surface area contributed by atoms with E-state index in [-0.39, 0.29) is 11.9 Å². The number of aryl methyl sites for hydroxylation is 1. The maximum Gasteiger partial charge on any atom is 0.244 e. The van der Waals surface area contributed by atoms with E-state index in [2.05, 4.69) is 26.3 Å². The SMILES string of the molecule is Cc1nn([C@H](C)C(=O)NC2C3CC4CC(C3)CC2C4)cc1Br. The third-order valence-electron chi connectivity index (χ3n) is 6.17. The van der Waals surface area contributed by atoms with Crippen LogP contribution in [0.2, 0.25) is 0 Å². The second-order valence-electron chi connectivity index (χ2n) is 7.68. The lowest BCUT2D eigenvalue weighted by atomic mass is 9.54. The molecule has 1 amide bonds. The van der Waals surface area contributed by atoms with Gasteiger partial charge in [0, 0.05) is 12.2 Å². The topological polar surface area (TPSA) is 46.9 Å². The van der Waals surface area contributed by atoms with E-state index in [1.807, 2.05) is 20.0 Å². The molecule has 1 aromatic rings. The van der Waals surface area contributed by atoms with Gasteiger partial charge in [0.2, 0.25) is 5.91 Å². The molecule has 0 spiro atoms. The lowest BCUT2D eigenvalue weighted by molar-refractivity contribution is -0.128. The van der Waals surface area contributed by atoms with Crippen molar-refractivity contribution in [2.75, 3.05) is 0 Å². The molecule has 1 atom stereocenters. The zero-order valence-electron chi connectivity index (χ0n) is 13.3. The number of nitrogens with one attached hydrogen (secondary N) is 1. The van der Waals surface area contributed by atoms with Crippen LogP contribution >= 0.6 is 15.9 Å². The Morgan fingerprint density at radius 3 is 2.36 bits per heavy atom. The summed E-state index contributed by atoms with van der Waals surface area (Å²) in [6.45, 7) is 3.88. The van der Waals surface area contributed by atoms with Gasteiger partial charge in [0.25, 0.3) is 0 Å². The molecule has 22 heavy (non-hydrogen) atoms. The van der Waals surface area contributed by atoms with Crippen molar-refractivity contribution in [3.8, 4) is 0 Å².